The number of carbonyl (C=O) groups excluding carboxylic acids is 1. The highest BCUT2D eigenvalue weighted by molar-refractivity contribution is 5.94. The summed E-state index contributed by atoms with van der Waals surface area (Å²) in [6.45, 7) is 0.622. The van der Waals surface area contributed by atoms with Gasteiger partial charge in [-0.15, -0.1) is 0 Å². The molecule has 0 aliphatic heterocycles. The zero-order chi connectivity index (χ0) is 10.9. The number of hydrogen-bond acceptors (Lipinski definition) is 3. The largest absolute Gasteiger partial charge is 0.330 e. The Morgan fingerprint density at radius 2 is 2.40 bits per heavy atom. The maximum atomic E-state index is 12.0. The van der Waals surface area contributed by atoms with Gasteiger partial charge in [-0.3, -0.25) is 9.48 Å². The summed E-state index contributed by atoms with van der Waals surface area (Å²) >= 11 is 0. The lowest BCUT2D eigenvalue weighted by atomic mass is 9.66. The molecule has 1 aliphatic rings. The first-order valence-corrected chi connectivity index (χ1v) is 5.38. The molecule has 0 aromatic carbocycles. The lowest BCUT2D eigenvalue weighted by Gasteiger charge is -2.40. The smallest absolute Gasteiger partial charge is 0.181 e. The second-order valence-electron chi connectivity index (χ2n) is 4.50. The van der Waals surface area contributed by atoms with E-state index in [9.17, 15) is 4.79 Å². The Kier molecular flexibility index (Phi) is 2.61. The van der Waals surface area contributed by atoms with Gasteiger partial charge in [-0.05, 0) is 30.9 Å². The zero-order valence-electron chi connectivity index (χ0n) is 9.07. The van der Waals surface area contributed by atoms with Gasteiger partial charge >= 0.3 is 0 Å². The van der Waals surface area contributed by atoms with Crippen LogP contribution >= 0.6 is 0 Å². The van der Waals surface area contributed by atoms with E-state index in [1.165, 1.54) is 6.42 Å². The first kappa shape index (κ1) is 10.4. The van der Waals surface area contributed by atoms with Crippen LogP contribution in [0.2, 0.25) is 0 Å². The lowest BCUT2D eigenvalue weighted by Crippen LogP contribution is -2.39. The highest BCUT2D eigenvalue weighted by atomic mass is 16.1. The molecule has 0 atom stereocenters. The lowest BCUT2D eigenvalue weighted by molar-refractivity contribution is 0.0777. The van der Waals surface area contributed by atoms with Crippen molar-refractivity contribution < 1.29 is 4.79 Å². The van der Waals surface area contributed by atoms with Gasteiger partial charge in [-0.25, -0.2) is 0 Å². The topological polar surface area (TPSA) is 60.9 Å². The minimum Gasteiger partial charge on any atom is -0.330 e. The highest BCUT2D eigenvalue weighted by Crippen LogP contribution is 2.43. The van der Waals surface area contributed by atoms with E-state index in [0.717, 1.165) is 12.8 Å². The molecule has 0 unspecified atom stereocenters. The van der Waals surface area contributed by atoms with Gasteiger partial charge in [-0.2, -0.15) is 5.10 Å². The van der Waals surface area contributed by atoms with Crippen LogP contribution < -0.4 is 5.73 Å². The molecule has 2 N–H and O–H groups in total. The van der Waals surface area contributed by atoms with Crippen LogP contribution in [0.5, 0.6) is 0 Å². The molecule has 0 saturated heterocycles. The molecule has 0 amide bonds. The summed E-state index contributed by atoms with van der Waals surface area (Å²) in [5.74, 6) is 0.167. The van der Waals surface area contributed by atoms with E-state index in [4.69, 9.17) is 5.73 Å². The number of rotatable bonds is 4. The van der Waals surface area contributed by atoms with Crippen molar-refractivity contribution in [2.24, 2.45) is 18.2 Å². The summed E-state index contributed by atoms with van der Waals surface area (Å²) in [5.41, 5.74) is 6.51. The number of aromatic nitrogens is 2. The Bertz CT molecular complexity index is 360. The van der Waals surface area contributed by atoms with Crippen LogP contribution in [-0.4, -0.2) is 22.1 Å². The van der Waals surface area contributed by atoms with Crippen LogP contribution in [0.3, 0.4) is 0 Å². The number of hydrogen-bond donors (Lipinski definition) is 1. The van der Waals surface area contributed by atoms with Crippen molar-refractivity contribution in [1.82, 2.24) is 9.78 Å². The van der Waals surface area contributed by atoms with Crippen LogP contribution in [0.15, 0.2) is 12.3 Å². The number of nitrogens with two attached hydrogens (primary N) is 1. The van der Waals surface area contributed by atoms with Crippen LogP contribution in [0.25, 0.3) is 0 Å². The van der Waals surface area contributed by atoms with Crippen LogP contribution in [0.4, 0.5) is 0 Å². The van der Waals surface area contributed by atoms with Crippen molar-refractivity contribution in [3.8, 4) is 0 Å². The molecule has 4 nitrogen and oxygen atoms in total. The molecule has 0 bridgehead atoms. The summed E-state index contributed by atoms with van der Waals surface area (Å²) < 4.78 is 1.63. The minimum absolute atomic E-state index is 0.0847. The Morgan fingerprint density at radius 3 is 2.80 bits per heavy atom. The first-order valence-electron chi connectivity index (χ1n) is 5.38. The molecule has 1 saturated carbocycles. The Balaban J connectivity index is 2.07. The predicted octanol–water partition coefficient (Wildman–Crippen LogP) is 1.12. The third-order valence-corrected chi connectivity index (χ3v) is 3.49. The van der Waals surface area contributed by atoms with E-state index in [-0.39, 0.29) is 11.2 Å². The van der Waals surface area contributed by atoms with Gasteiger partial charge in [0.1, 0.15) is 5.69 Å². The van der Waals surface area contributed by atoms with Crippen LogP contribution in [0, 0.1) is 5.41 Å². The Labute approximate surface area is 89.5 Å². The van der Waals surface area contributed by atoms with E-state index in [2.05, 4.69) is 5.10 Å². The third-order valence-electron chi connectivity index (χ3n) is 3.49. The van der Waals surface area contributed by atoms with E-state index in [1.54, 1.807) is 24.0 Å². The number of ketones is 1. The van der Waals surface area contributed by atoms with Gasteiger partial charge in [0.2, 0.25) is 0 Å². The number of nitrogens with zero attached hydrogens (tertiary/aromatic N) is 2. The van der Waals surface area contributed by atoms with Gasteiger partial charge in [0.25, 0.3) is 0 Å². The van der Waals surface area contributed by atoms with Crippen molar-refractivity contribution in [3.63, 3.8) is 0 Å². The zero-order valence-corrected chi connectivity index (χ0v) is 9.07. The van der Waals surface area contributed by atoms with Gasteiger partial charge < -0.3 is 5.73 Å². The van der Waals surface area contributed by atoms with Crippen molar-refractivity contribution in [3.05, 3.63) is 18.0 Å². The fourth-order valence-electron chi connectivity index (χ4n) is 2.21. The molecule has 1 aromatic heterocycles. The summed E-state index contributed by atoms with van der Waals surface area (Å²) in [7, 11) is 1.79. The van der Waals surface area contributed by atoms with Crippen molar-refractivity contribution in [2.75, 3.05) is 6.54 Å². The molecule has 0 radical (unpaired) electrons. The van der Waals surface area contributed by atoms with Gasteiger partial charge in [0.05, 0.1) is 0 Å². The molecular weight excluding hydrogens is 190 g/mol. The maximum absolute atomic E-state index is 12.0. The maximum Gasteiger partial charge on any atom is 0.181 e. The molecule has 1 heterocycles. The van der Waals surface area contributed by atoms with Crippen molar-refractivity contribution in [1.29, 1.82) is 0 Å². The molecule has 15 heavy (non-hydrogen) atoms. The molecule has 1 fully saturated rings. The second-order valence-corrected chi connectivity index (χ2v) is 4.50. The van der Waals surface area contributed by atoms with Gasteiger partial charge in [0.15, 0.2) is 5.78 Å². The average molecular weight is 207 g/mol. The summed E-state index contributed by atoms with van der Waals surface area (Å²) in [6, 6.07) is 1.77. The molecule has 1 aromatic rings. The predicted molar refractivity (Wildman–Crippen MR) is 57.5 cm³/mol. The van der Waals surface area contributed by atoms with Gasteiger partial charge in [0, 0.05) is 19.7 Å². The van der Waals surface area contributed by atoms with Crippen molar-refractivity contribution >= 4 is 5.78 Å². The van der Waals surface area contributed by atoms with E-state index < -0.39 is 0 Å². The number of Topliss-reactive ketones (excluding diaryl/α,β-unsaturated/α-hetero) is 1. The SMILES string of the molecule is Cn1nccc1C(=O)CC1(CN)CCC1. The normalized spacial score (nSPS) is 18.5. The monoisotopic (exact) mass is 207 g/mol. The number of carbonyl (C=O) groups is 1. The molecule has 1 aliphatic carbocycles. The first-order chi connectivity index (χ1) is 7.17. The highest BCUT2D eigenvalue weighted by Gasteiger charge is 2.37. The van der Waals surface area contributed by atoms with Crippen LogP contribution in [-0.2, 0) is 7.05 Å². The van der Waals surface area contributed by atoms with Crippen molar-refractivity contribution in [2.45, 2.75) is 25.7 Å². The summed E-state index contributed by atoms with van der Waals surface area (Å²) in [4.78, 5) is 12.0. The molecule has 2 rings (SSSR count). The molecular formula is C11H17N3O. The average Bonchev–Trinajstić information content (AvgIpc) is 2.58. The second kappa shape index (κ2) is 3.77. The van der Waals surface area contributed by atoms with E-state index in [0.29, 0.717) is 18.7 Å². The Morgan fingerprint density at radius 1 is 1.67 bits per heavy atom. The fourth-order valence-corrected chi connectivity index (χ4v) is 2.21. The minimum atomic E-state index is 0.0847. The third kappa shape index (κ3) is 1.81. The van der Waals surface area contributed by atoms with E-state index >= 15 is 0 Å². The quantitative estimate of drug-likeness (QED) is 0.753. The molecule has 0 spiro atoms. The molecule has 82 valence electrons. The summed E-state index contributed by atoms with van der Waals surface area (Å²) in [6.07, 6.45) is 5.61. The summed E-state index contributed by atoms with van der Waals surface area (Å²) in [5, 5.41) is 4.00. The molecule has 4 heteroatoms. The number of aryl methyl sites for hydroxylation is 1. The van der Waals surface area contributed by atoms with Gasteiger partial charge in [-0.1, -0.05) is 6.42 Å². The fraction of sp³-hybridized carbons (Fsp3) is 0.636. The standard InChI is InChI=1S/C11H17N3O/c1-14-9(3-6-13-14)10(15)7-11(8-12)4-2-5-11/h3,6H,2,4-5,7-8,12H2,1H3. The van der Waals surface area contributed by atoms with E-state index in [1.807, 2.05) is 0 Å². The van der Waals surface area contributed by atoms with Crippen LogP contribution in [0.1, 0.15) is 36.2 Å². The Hall–Kier alpha value is -1.16.